The standard InChI is InChI=1S/C22H33N7O2/c1-6-23-20(30)14-27-8-7-9-28(11-10-27)21(31)13-19-17(4)26-29(18(19)5)22-24-15(2)12-16(3)25-22/h12H,6-11,13-14H2,1-5H3,(H,23,30). The van der Waals surface area contributed by atoms with Gasteiger partial charge in [-0.3, -0.25) is 14.5 Å². The Kier molecular flexibility index (Phi) is 7.37. The van der Waals surface area contributed by atoms with Crippen LogP contribution >= 0.6 is 0 Å². The average molecular weight is 428 g/mol. The normalized spacial score (nSPS) is 15.1. The van der Waals surface area contributed by atoms with E-state index in [0.29, 0.717) is 45.1 Å². The zero-order valence-electron chi connectivity index (χ0n) is 19.2. The number of hydrogen-bond donors (Lipinski definition) is 1. The Morgan fingerprint density at radius 1 is 1.03 bits per heavy atom. The summed E-state index contributed by atoms with van der Waals surface area (Å²) in [7, 11) is 0. The number of likely N-dealkylation sites (N-methyl/N-ethyl adjacent to an activating group) is 1. The van der Waals surface area contributed by atoms with Gasteiger partial charge in [0.1, 0.15) is 0 Å². The molecule has 0 bridgehead atoms. The van der Waals surface area contributed by atoms with Crippen molar-refractivity contribution in [3.63, 3.8) is 0 Å². The molecule has 0 radical (unpaired) electrons. The van der Waals surface area contributed by atoms with Crippen molar-refractivity contribution in [1.29, 1.82) is 0 Å². The van der Waals surface area contributed by atoms with E-state index in [0.717, 1.165) is 41.3 Å². The highest BCUT2D eigenvalue weighted by Gasteiger charge is 2.23. The molecule has 1 aliphatic rings. The fourth-order valence-corrected chi connectivity index (χ4v) is 4.03. The van der Waals surface area contributed by atoms with Gasteiger partial charge >= 0.3 is 0 Å². The summed E-state index contributed by atoms with van der Waals surface area (Å²) in [6, 6.07) is 1.92. The molecule has 31 heavy (non-hydrogen) atoms. The summed E-state index contributed by atoms with van der Waals surface area (Å²) >= 11 is 0. The molecular weight excluding hydrogens is 394 g/mol. The van der Waals surface area contributed by atoms with Crippen molar-refractivity contribution in [3.05, 3.63) is 34.4 Å². The van der Waals surface area contributed by atoms with Crippen LogP contribution in [0.3, 0.4) is 0 Å². The molecule has 168 valence electrons. The van der Waals surface area contributed by atoms with Gasteiger partial charge in [0.25, 0.3) is 5.95 Å². The molecule has 0 aromatic carbocycles. The number of hydrogen-bond acceptors (Lipinski definition) is 6. The number of amides is 2. The zero-order valence-corrected chi connectivity index (χ0v) is 19.2. The van der Waals surface area contributed by atoms with E-state index in [2.05, 4.69) is 25.3 Å². The molecule has 1 fully saturated rings. The smallest absolute Gasteiger partial charge is 0.251 e. The molecule has 3 heterocycles. The van der Waals surface area contributed by atoms with Gasteiger partial charge < -0.3 is 10.2 Å². The number of rotatable bonds is 6. The number of carbonyl (C=O) groups excluding carboxylic acids is 2. The summed E-state index contributed by atoms with van der Waals surface area (Å²) in [4.78, 5) is 38.0. The van der Waals surface area contributed by atoms with E-state index in [4.69, 9.17) is 0 Å². The number of aromatic nitrogens is 4. The van der Waals surface area contributed by atoms with E-state index < -0.39 is 0 Å². The lowest BCUT2D eigenvalue weighted by Gasteiger charge is -2.22. The van der Waals surface area contributed by atoms with Crippen LogP contribution in [0.2, 0.25) is 0 Å². The summed E-state index contributed by atoms with van der Waals surface area (Å²) in [6.07, 6.45) is 1.16. The lowest BCUT2D eigenvalue weighted by atomic mass is 10.1. The molecular formula is C22H33N7O2. The highest BCUT2D eigenvalue weighted by Crippen LogP contribution is 2.18. The first-order valence-corrected chi connectivity index (χ1v) is 10.9. The van der Waals surface area contributed by atoms with Gasteiger partial charge in [0, 0.05) is 55.4 Å². The fraction of sp³-hybridized carbons (Fsp3) is 0.591. The lowest BCUT2D eigenvalue weighted by Crippen LogP contribution is -2.40. The minimum Gasteiger partial charge on any atom is -0.355 e. The molecule has 9 heteroatoms. The number of carbonyl (C=O) groups is 2. The number of aryl methyl sites for hydroxylation is 3. The van der Waals surface area contributed by atoms with Crippen molar-refractivity contribution in [2.24, 2.45) is 0 Å². The van der Waals surface area contributed by atoms with Crippen molar-refractivity contribution in [2.45, 2.75) is 47.5 Å². The summed E-state index contributed by atoms with van der Waals surface area (Å²) < 4.78 is 1.73. The Morgan fingerprint density at radius 2 is 1.74 bits per heavy atom. The van der Waals surface area contributed by atoms with Gasteiger partial charge in [0.15, 0.2) is 0 Å². The van der Waals surface area contributed by atoms with Crippen molar-refractivity contribution >= 4 is 11.8 Å². The predicted octanol–water partition coefficient (Wildman–Crippen LogP) is 1.11. The maximum Gasteiger partial charge on any atom is 0.251 e. The first-order chi connectivity index (χ1) is 14.8. The van der Waals surface area contributed by atoms with Crippen LogP contribution in [0.15, 0.2) is 6.07 Å². The fourth-order valence-electron chi connectivity index (χ4n) is 4.03. The van der Waals surface area contributed by atoms with Gasteiger partial charge in [-0.25, -0.2) is 14.6 Å². The van der Waals surface area contributed by atoms with Crippen LogP contribution in [-0.4, -0.2) is 80.6 Å². The third-order valence-electron chi connectivity index (χ3n) is 5.61. The maximum absolute atomic E-state index is 13.1. The topological polar surface area (TPSA) is 96.2 Å². The predicted molar refractivity (Wildman–Crippen MR) is 118 cm³/mol. The summed E-state index contributed by atoms with van der Waals surface area (Å²) in [5, 5.41) is 7.44. The van der Waals surface area contributed by atoms with E-state index in [9.17, 15) is 9.59 Å². The Hall–Kier alpha value is -2.81. The molecule has 0 saturated carbocycles. The minimum absolute atomic E-state index is 0.0366. The van der Waals surface area contributed by atoms with Gasteiger partial charge in [-0.05, 0) is 47.1 Å². The lowest BCUT2D eigenvalue weighted by molar-refractivity contribution is -0.130. The molecule has 0 spiro atoms. The van der Waals surface area contributed by atoms with Crippen molar-refractivity contribution in [2.75, 3.05) is 39.3 Å². The maximum atomic E-state index is 13.1. The molecule has 1 N–H and O–H groups in total. The summed E-state index contributed by atoms with van der Waals surface area (Å²) in [5.74, 6) is 0.661. The second-order valence-electron chi connectivity index (χ2n) is 8.15. The van der Waals surface area contributed by atoms with E-state index in [1.165, 1.54) is 0 Å². The van der Waals surface area contributed by atoms with Crippen molar-refractivity contribution in [1.82, 2.24) is 34.9 Å². The minimum atomic E-state index is 0.0366. The molecule has 0 unspecified atom stereocenters. The van der Waals surface area contributed by atoms with Crippen LogP contribution in [0.25, 0.3) is 5.95 Å². The second kappa shape index (κ2) is 10.00. The Balaban J connectivity index is 1.68. The first kappa shape index (κ1) is 22.9. The molecule has 3 rings (SSSR count). The molecule has 2 aromatic rings. The highest BCUT2D eigenvalue weighted by molar-refractivity contribution is 5.79. The first-order valence-electron chi connectivity index (χ1n) is 10.9. The summed E-state index contributed by atoms with van der Waals surface area (Å²) in [5.41, 5.74) is 4.41. The SMILES string of the molecule is CCNC(=O)CN1CCCN(C(=O)Cc2c(C)nn(-c3nc(C)cc(C)n3)c2C)CC1. The molecule has 0 atom stereocenters. The largest absolute Gasteiger partial charge is 0.355 e. The van der Waals surface area contributed by atoms with E-state index in [1.54, 1.807) is 4.68 Å². The Morgan fingerprint density at radius 3 is 2.42 bits per heavy atom. The highest BCUT2D eigenvalue weighted by atomic mass is 16.2. The van der Waals surface area contributed by atoms with E-state index in [1.807, 2.05) is 45.6 Å². The average Bonchev–Trinajstić information content (AvgIpc) is 2.85. The molecule has 0 aliphatic carbocycles. The second-order valence-corrected chi connectivity index (χ2v) is 8.15. The molecule has 1 aliphatic heterocycles. The number of nitrogens with zero attached hydrogens (tertiary/aromatic N) is 6. The van der Waals surface area contributed by atoms with Crippen molar-refractivity contribution < 1.29 is 9.59 Å². The van der Waals surface area contributed by atoms with Crippen LogP contribution in [0, 0.1) is 27.7 Å². The summed E-state index contributed by atoms with van der Waals surface area (Å²) in [6.45, 7) is 13.5. The third-order valence-corrected chi connectivity index (χ3v) is 5.61. The van der Waals surface area contributed by atoms with Gasteiger partial charge in [-0.15, -0.1) is 0 Å². The van der Waals surface area contributed by atoms with Crippen LogP contribution < -0.4 is 5.32 Å². The van der Waals surface area contributed by atoms with Gasteiger partial charge in [0.2, 0.25) is 11.8 Å². The van der Waals surface area contributed by atoms with Crippen LogP contribution in [0.4, 0.5) is 0 Å². The van der Waals surface area contributed by atoms with Crippen LogP contribution in [0.1, 0.15) is 41.7 Å². The van der Waals surface area contributed by atoms with Gasteiger partial charge in [0.05, 0.1) is 18.7 Å². The molecule has 9 nitrogen and oxygen atoms in total. The van der Waals surface area contributed by atoms with Crippen LogP contribution in [-0.2, 0) is 16.0 Å². The number of nitrogens with one attached hydrogen (secondary N) is 1. The van der Waals surface area contributed by atoms with E-state index >= 15 is 0 Å². The Labute approximate surface area is 183 Å². The third kappa shape index (κ3) is 5.66. The molecule has 1 saturated heterocycles. The Bertz CT molecular complexity index is 933. The zero-order chi connectivity index (χ0) is 22.5. The van der Waals surface area contributed by atoms with Crippen LogP contribution in [0.5, 0.6) is 0 Å². The monoisotopic (exact) mass is 427 g/mol. The molecule has 2 aromatic heterocycles. The molecule has 2 amide bonds. The van der Waals surface area contributed by atoms with Gasteiger partial charge in [-0.2, -0.15) is 5.10 Å². The van der Waals surface area contributed by atoms with Crippen molar-refractivity contribution in [3.8, 4) is 5.95 Å². The quantitative estimate of drug-likeness (QED) is 0.742. The van der Waals surface area contributed by atoms with Gasteiger partial charge in [-0.1, -0.05) is 0 Å². The van der Waals surface area contributed by atoms with E-state index in [-0.39, 0.29) is 11.8 Å².